The van der Waals surface area contributed by atoms with Crippen molar-refractivity contribution >= 4 is 18.0 Å². The second-order valence-electron chi connectivity index (χ2n) is 8.08. The monoisotopic (exact) mass is 442 g/mol. The Bertz CT molecular complexity index is 902. The van der Waals surface area contributed by atoms with Gasteiger partial charge in [0.1, 0.15) is 11.6 Å². The van der Waals surface area contributed by atoms with E-state index in [1.807, 2.05) is 51.1 Å². The van der Waals surface area contributed by atoms with Crippen LogP contribution < -0.4 is 15.2 Å². The normalized spacial score (nSPS) is 12.5. The van der Waals surface area contributed by atoms with Gasteiger partial charge in [0.25, 0.3) is 12.6 Å². The Hall–Kier alpha value is -3.42. The zero-order valence-electron chi connectivity index (χ0n) is 19.0. The van der Waals surface area contributed by atoms with Crippen LogP contribution in [0.4, 0.5) is 4.79 Å². The maximum Gasteiger partial charge on any atom is 0.412 e. The number of rotatable bonds is 10. The molecule has 8 heteroatoms. The van der Waals surface area contributed by atoms with E-state index in [-0.39, 0.29) is 18.7 Å². The first-order valence-electron chi connectivity index (χ1n) is 10.6. The number of carbonyl (C=O) groups is 3. The Morgan fingerprint density at radius 3 is 2.38 bits per heavy atom. The highest BCUT2D eigenvalue weighted by molar-refractivity contribution is 5.96. The lowest BCUT2D eigenvalue weighted by atomic mass is 10.0. The predicted molar refractivity (Wildman–Crippen MR) is 119 cm³/mol. The molecule has 0 aliphatic rings. The molecule has 2 N–H and O–H groups in total. The summed E-state index contributed by atoms with van der Waals surface area (Å²) in [6, 6.07) is 12.3. The molecule has 1 heterocycles. The largest absolute Gasteiger partial charge is 0.467 e. The van der Waals surface area contributed by atoms with Crippen molar-refractivity contribution in [2.45, 2.75) is 52.4 Å². The van der Waals surface area contributed by atoms with Crippen LogP contribution in [-0.2, 0) is 27.4 Å². The Kier molecular flexibility index (Phi) is 9.66. The number of alkyl carbamates (subject to hydrolysis) is 1. The molecular weight excluding hydrogens is 410 g/mol. The van der Waals surface area contributed by atoms with Crippen LogP contribution in [0.5, 0.6) is 0 Å². The molecule has 0 bridgehead atoms. The van der Waals surface area contributed by atoms with Crippen LogP contribution in [0.2, 0.25) is 0 Å². The minimum absolute atomic E-state index is 0.0581. The van der Waals surface area contributed by atoms with Gasteiger partial charge in [-0.25, -0.2) is 9.59 Å². The molecule has 0 saturated heterocycles. The fourth-order valence-corrected chi connectivity index (χ4v) is 3.20. The number of nitrogens with zero attached hydrogens (tertiary/aromatic N) is 1. The first-order chi connectivity index (χ1) is 15.3. The molecule has 1 aromatic heterocycles. The molecule has 0 saturated carbocycles. The van der Waals surface area contributed by atoms with E-state index < -0.39 is 24.0 Å². The smallest absolute Gasteiger partial charge is 0.412 e. The highest BCUT2D eigenvalue weighted by Crippen LogP contribution is 2.08. The van der Waals surface area contributed by atoms with Gasteiger partial charge in [0.05, 0.1) is 7.11 Å². The molecule has 0 spiro atoms. The molecule has 0 fully saturated rings. The summed E-state index contributed by atoms with van der Waals surface area (Å²) in [5, 5.41) is 5.50. The molecule has 0 aliphatic carbocycles. The Morgan fingerprint density at radius 1 is 1.00 bits per heavy atom. The lowest BCUT2D eigenvalue weighted by Gasteiger charge is -2.18. The average Bonchev–Trinajstić information content (AvgIpc) is 2.77. The number of nitrogens with one attached hydrogen (secondary N) is 2. The SMILES string of the molecule is COC(=O)[C@H](CC(C)C)NC(=O)c1ccc[n+](COC(=O)N[C@@H](C)Cc2ccccc2)c1. The minimum atomic E-state index is -0.728. The van der Waals surface area contributed by atoms with Crippen LogP contribution >= 0.6 is 0 Å². The van der Waals surface area contributed by atoms with E-state index in [0.717, 1.165) is 5.56 Å². The van der Waals surface area contributed by atoms with Gasteiger partial charge in [0.2, 0.25) is 0 Å². The third kappa shape index (κ3) is 8.37. The second-order valence-corrected chi connectivity index (χ2v) is 8.08. The predicted octanol–water partition coefficient (Wildman–Crippen LogP) is 2.61. The zero-order chi connectivity index (χ0) is 23.5. The maximum atomic E-state index is 12.6. The first kappa shape index (κ1) is 24.8. The number of amides is 2. The number of methoxy groups -OCH3 is 1. The van der Waals surface area contributed by atoms with Gasteiger partial charge in [0.15, 0.2) is 12.4 Å². The van der Waals surface area contributed by atoms with Gasteiger partial charge in [-0.05, 0) is 37.3 Å². The molecule has 32 heavy (non-hydrogen) atoms. The van der Waals surface area contributed by atoms with Crippen molar-refractivity contribution in [2.75, 3.05) is 7.11 Å². The lowest BCUT2D eigenvalue weighted by Crippen LogP contribution is -2.44. The molecule has 0 radical (unpaired) electrons. The van der Waals surface area contributed by atoms with E-state index in [9.17, 15) is 14.4 Å². The summed E-state index contributed by atoms with van der Waals surface area (Å²) in [5.41, 5.74) is 1.46. The lowest BCUT2D eigenvalue weighted by molar-refractivity contribution is -0.727. The number of pyridine rings is 1. The summed E-state index contributed by atoms with van der Waals surface area (Å²) in [7, 11) is 1.29. The van der Waals surface area contributed by atoms with Gasteiger partial charge in [0, 0.05) is 12.1 Å². The number of hydrogen-bond acceptors (Lipinski definition) is 5. The molecule has 2 atom stereocenters. The summed E-state index contributed by atoms with van der Waals surface area (Å²) >= 11 is 0. The molecule has 172 valence electrons. The van der Waals surface area contributed by atoms with Crippen molar-refractivity contribution in [1.82, 2.24) is 10.6 Å². The minimum Gasteiger partial charge on any atom is -0.467 e. The van der Waals surface area contributed by atoms with Crippen molar-refractivity contribution in [2.24, 2.45) is 5.92 Å². The van der Waals surface area contributed by atoms with E-state index in [0.29, 0.717) is 18.4 Å². The van der Waals surface area contributed by atoms with Crippen LogP contribution in [0.15, 0.2) is 54.9 Å². The quantitative estimate of drug-likeness (QED) is 0.435. The van der Waals surface area contributed by atoms with Gasteiger partial charge in [-0.15, -0.1) is 0 Å². The molecular formula is C24H32N3O5+. The van der Waals surface area contributed by atoms with Gasteiger partial charge in [-0.1, -0.05) is 44.2 Å². The van der Waals surface area contributed by atoms with Crippen molar-refractivity contribution in [3.05, 3.63) is 66.0 Å². The van der Waals surface area contributed by atoms with Crippen LogP contribution in [0.25, 0.3) is 0 Å². The van der Waals surface area contributed by atoms with Crippen LogP contribution in [-0.4, -0.2) is 37.2 Å². The second kappa shape index (κ2) is 12.4. The van der Waals surface area contributed by atoms with Gasteiger partial charge in [-0.2, -0.15) is 4.57 Å². The Morgan fingerprint density at radius 2 is 1.72 bits per heavy atom. The summed E-state index contributed by atoms with van der Waals surface area (Å²) in [6.07, 6.45) is 3.85. The number of hydrogen-bond donors (Lipinski definition) is 2. The number of carbonyl (C=O) groups excluding carboxylic acids is 3. The standard InChI is InChI=1S/C24H31N3O5/c1-17(2)13-21(23(29)31-4)26-22(28)20-11-8-12-27(15-20)16-32-24(30)25-18(3)14-19-9-6-5-7-10-19/h5-12,15,17-18,21H,13-14,16H2,1-4H3,(H-,25,26,28,30)/p+1/t18-,21-/m0/s1. The highest BCUT2D eigenvalue weighted by atomic mass is 16.6. The maximum absolute atomic E-state index is 12.6. The molecule has 2 amide bonds. The van der Waals surface area contributed by atoms with Crippen LogP contribution in [0, 0.1) is 5.92 Å². The molecule has 2 aromatic rings. The first-order valence-corrected chi connectivity index (χ1v) is 10.6. The molecule has 0 unspecified atom stereocenters. The van der Waals surface area contributed by atoms with Crippen molar-refractivity contribution in [1.29, 1.82) is 0 Å². The number of benzene rings is 1. The van der Waals surface area contributed by atoms with Crippen LogP contribution in [0.3, 0.4) is 0 Å². The fourth-order valence-electron chi connectivity index (χ4n) is 3.20. The fraction of sp³-hybridized carbons (Fsp3) is 0.417. The summed E-state index contributed by atoms with van der Waals surface area (Å²) in [6.45, 7) is 5.77. The third-order valence-corrected chi connectivity index (χ3v) is 4.71. The summed E-state index contributed by atoms with van der Waals surface area (Å²) < 4.78 is 11.6. The van der Waals surface area contributed by atoms with E-state index in [1.54, 1.807) is 29.1 Å². The molecule has 8 nitrogen and oxygen atoms in total. The number of aromatic nitrogens is 1. The third-order valence-electron chi connectivity index (χ3n) is 4.71. The average molecular weight is 443 g/mol. The van der Waals surface area contributed by atoms with E-state index in [4.69, 9.17) is 9.47 Å². The Labute approximate surface area is 188 Å². The highest BCUT2D eigenvalue weighted by Gasteiger charge is 2.24. The van der Waals surface area contributed by atoms with Crippen molar-refractivity contribution < 1.29 is 28.4 Å². The van der Waals surface area contributed by atoms with Crippen LogP contribution in [0.1, 0.15) is 43.1 Å². The van der Waals surface area contributed by atoms with Gasteiger partial charge >= 0.3 is 12.1 Å². The van der Waals surface area contributed by atoms with E-state index in [1.165, 1.54) is 7.11 Å². The van der Waals surface area contributed by atoms with E-state index >= 15 is 0 Å². The number of esters is 1. The van der Waals surface area contributed by atoms with Crippen molar-refractivity contribution in [3.63, 3.8) is 0 Å². The van der Waals surface area contributed by atoms with Crippen molar-refractivity contribution in [3.8, 4) is 0 Å². The topological polar surface area (TPSA) is 97.6 Å². The summed E-state index contributed by atoms with van der Waals surface area (Å²) in [5.74, 6) is -0.687. The molecule has 0 aliphatic heterocycles. The Balaban J connectivity index is 1.89. The van der Waals surface area contributed by atoms with Gasteiger partial charge in [-0.3, -0.25) is 4.79 Å². The van der Waals surface area contributed by atoms with Gasteiger partial charge < -0.3 is 20.1 Å². The molecule has 2 rings (SSSR count). The summed E-state index contributed by atoms with van der Waals surface area (Å²) in [4.78, 5) is 36.7. The molecule has 1 aromatic carbocycles. The zero-order valence-corrected chi connectivity index (χ0v) is 19.0. The van der Waals surface area contributed by atoms with E-state index in [2.05, 4.69) is 10.6 Å². The number of ether oxygens (including phenoxy) is 2.